The molecule has 1 aliphatic rings. The maximum atomic E-state index is 13.1. The zero-order valence-electron chi connectivity index (χ0n) is 16.7. The first kappa shape index (κ1) is 20.0. The predicted molar refractivity (Wildman–Crippen MR) is 105 cm³/mol. The van der Waals surface area contributed by atoms with Gasteiger partial charge in [0, 0.05) is 36.6 Å². The number of carbonyl (C=O) groups excluding carboxylic acids is 1. The first-order valence-corrected chi connectivity index (χ1v) is 9.42. The molecular formula is C20H28N4O4. The molecule has 1 fully saturated rings. The lowest BCUT2D eigenvalue weighted by Crippen LogP contribution is -2.54. The maximum Gasteiger partial charge on any atom is 0.248 e. The summed E-state index contributed by atoms with van der Waals surface area (Å²) >= 11 is 0. The molecule has 1 amide bonds. The second-order valence-corrected chi connectivity index (χ2v) is 6.75. The summed E-state index contributed by atoms with van der Waals surface area (Å²) in [6.45, 7) is 2.04. The number of piperidine rings is 1. The molecule has 0 atom stereocenters. The van der Waals surface area contributed by atoms with Gasteiger partial charge in [0.1, 0.15) is 22.8 Å². The summed E-state index contributed by atoms with van der Waals surface area (Å²) in [6, 6.07) is 5.49. The number of ether oxygens (including phenoxy) is 3. The summed E-state index contributed by atoms with van der Waals surface area (Å²) in [6.07, 6.45) is 5.56. The van der Waals surface area contributed by atoms with Crippen LogP contribution in [0.2, 0.25) is 0 Å². The van der Waals surface area contributed by atoms with Gasteiger partial charge in [-0.2, -0.15) is 5.10 Å². The number of amides is 1. The van der Waals surface area contributed by atoms with E-state index in [9.17, 15) is 4.79 Å². The Kier molecular flexibility index (Phi) is 6.41. The lowest BCUT2D eigenvalue weighted by Gasteiger charge is -2.36. The molecular weight excluding hydrogens is 360 g/mol. The van der Waals surface area contributed by atoms with Crippen molar-refractivity contribution >= 4 is 5.91 Å². The number of benzene rings is 1. The molecule has 8 nitrogen and oxygen atoms in total. The SMILES string of the molecule is COc1cc(OC)c(CCNC(=O)C2(n3cccn3)CCNCC2)c(OC)c1. The van der Waals surface area contributed by atoms with E-state index in [1.165, 1.54) is 0 Å². The van der Waals surface area contributed by atoms with E-state index < -0.39 is 5.54 Å². The quantitative estimate of drug-likeness (QED) is 0.710. The van der Waals surface area contributed by atoms with E-state index in [4.69, 9.17) is 14.2 Å². The Morgan fingerprint density at radius 3 is 2.39 bits per heavy atom. The fourth-order valence-corrected chi connectivity index (χ4v) is 3.71. The van der Waals surface area contributed by atoms with E-state index in [0.29, 0.717) is 43.1 Å². The molecule has 0 unspecified atom stereocenters. The van der Waals surface area contributed by atoms with E-state index in [-0.39, 0.29) is 5.91 Å². The number of aromatic nitrogens is 2. The van der Waals surface area contributed by atoms with Gasteiger partial charge in [-0.15, -0.1) is 0 Å². The Morgan fingerprint density at radius 2 is 1.86 bits per heavy atom. The van der Waals surface area contributed by atoms with Crippen LogP contribution in [0.5, 0.6) is 17.2 Å². The van der Waals surface area contributed by atoms with Gasteiger partial charge in [0.15, 0.2) is 0 Å². The second kappa shape index (κ2) is 8.97. The Bertz CT molecular complexity index is 761. The second-order valence-electron chi connectivity index (χ2n) is 6.75. The molecule has 1 saturated heterocycles. The Morgan fingerprint density at radius 1 is 1.18 bits per heavy atom. The predicted octanol–water partition coefficient (Wildman–Crippen LogP) is 1.35. The van der Waals surface area contributed by atoms with E-state index in [1.54, 1.807) is 32.2 Å². The number of hydrogen-bond acceptors (Lipinski definition) is 6. The van der Waals surface area contributed by atoms with Gasteiger partial charge in [-0.05, 0) is 38.4 Å². The fraction of sp³-hybridized carbons (Fsp3) is 0.500. The third-order valence-electron chi connectivity index (χ3n) is 5.27. The molecule has 0 spiro atoms. The van der Waals surface area contributed by atoms with Crippen molar-refractivity contribution in [1.82, 2.24) is 20.4 Å². The smallest absolute Gasteiger partial charge is 0.248 e. The van der Waals surface area contributed by atoms with Gasteiger partial charge in [0.2, 0.25) is 5.91 Å². The van der Waals surface area contributed by atoms with Crippen LogP contribution in [0.1, 0.15) is 18.4 Å². The zero-order valence-corrected chi connectivity index (χ0v) is 16.7. The average molecular weight is 388 g/mol. The molecule has 0 bridgehead atoms. The first-order valence-electron chi connectivity index (χ1n) is 9.42. The summed E-state index contributed by atoms with van der Waals surface area (Å²) in [4.78, 5) is 13.1. The summed E-state index contributed by atoms with van der Waals surface area (Å²) in [5.74, 6) is 2.00. The Balaban J connectivity index is 1.73. The van der Waals surface area contributed by atoms with Crippen molar-refractivity contribution in [3.05, 3.63) is 36.2 Å². The summed E-state index contributed by atoms with van der Waals surface area (Å²) in [5.41, 5.74) is 0.243. The highest BCUT2D eigenvalue weighted by atomic mass is 16.5. The minimum atomic E-state index is -0.650. The van der Waals surface area contributed by atoms with Crippen molar-refractivity contribution < 1.29 is 19.0 Å². The summed E-state index contributed by atoms with van der Waals surface area (Å²) in [7, 11) is 4.82. The largest absolute Gasteiger partial charge is 0.496 e. The van der Waals surface area contributed by atoms with Crippen LogP contribution in [0.25, 0.3) is 0 Å². The highest BCUT2D eigenvalue weighted by Gasteiger charge is 2.41. The van der Waals surface area contributed by atoms with E-state index in [2.05, 4.69) is 15.7 Å². The van der Waals surface area contributed by atoms with Crippen LogP contribution in [0.3, 0.4) is 0 Å². The number of nitrogens with zero attached hydrogens (tertiary/aromatic N) is 2. The molecule has 0 saturated carbocycles. The van der Waals surface area contributed by atoms with Crippen molar-refractivity contribution in [2.45, 2.75) is 24.8 Å². The molecule has 1 aromatic carbocycles. The molecule has 152 valence electrons. The molecule has 2 heterocycles. The van der Waals surface area contributed by atoms with Crippen LogP contribution in [-0.4, -0.2) is 56.7 Å². The van der Waals surface area contributed by atoms with Crippen molar-refractivity contribution in [2.75, 3.05) is 41.0 Å². The number of rotatable bonds is 8. The van der Waals surface area contributed by atoms with Gasteiger partial charge in [-0.25, -0.2) is 0 Å². The van der Waals surface area contributed by atoms with Gasteiger partial charge in [0.25, 0.3) is 0 Å². The Labute approximate surface area is 165 Å². The van der Waals surface area contributed by atoms with E-state index in [1.807, 2.05) is 24.4 Å². The van der Waals surface area contributed by atoms with Crippen molar-refractivity contribution in [1.29, 1.82) is 0 Å². The van der Waals surface area contributed by atoms with Crippen LogP contribution in [0.4, 0.5) is 0 Å². The summed E-state index contributed by atoms with van der Waals surface area (Å²) < 4.78 is 18.1. The minimum Gasteiger partial charge on any atom is -0.496 e. The number of nitrogens with one attached hydrogen (secondary N) is 2. The zero-order chi connectivity index (χ0) is 20.0. The third kappa shape index (κ3) is 3.91. The monoisotopic (exact) mass is 388 g/mol. The van der Waals surface area contributed by atoms with Crippen molar-refractivity contribution in [2.24, 2.45) is 0 Å². The molecule has 28 heavy (non-hydrogen) atoms. The lowest BCUT2D eigenvalue weighted by atomic mass is 9.87. The molecule has 1 aromatic heterocycles. The molecule has 2 aromatic rings. The van der Waals surface area contributed by atoms with Gasteiger partial charge in [-0.3, -0.25) is 9.48 Å². The maximum absolute atomic E-state index is 13.1. The summed E-state index contributed by atoms with van der Waals surface area (Å²) in [5, 5.41) is 10.8. The van der Waals surface area contributed by atoms with Crippen LogP contribution in [-0.2, 0) is 16.8 Å². The highest BCUT2D eigenvalue weighted by Crippen LogP contribution is 2.34. The number of methoxy groups -OCH3 is 3. The van der Waals surface area contributed by atoms with Crippen LogP contribution in [0, 0.1) is 0 Å². The average Bonchev–Trinajstić information content (AvgIpc) is 3.29. The van der Waals surface area contributed by atoms with Gasteiger partial charge >= 0.3 is 0 Å². The first-order chi connectivity index (χ1) is 13.6. The van der Waals surface area contributed by atoms with Gasteiger partial charge in [-0.1, -0.05) is 0 Å². The molecule has 8 heteroatoms. The Hall–Kier alpha value is -2.74. The molecule has 1 aliphatic heterocycles. The van der Waals surface area contributed by atoms with Crippen LogP contribution in [0.15, 0.2) is 30.6 Å². The molecule has 0 aliphatic carbocycles. The standard InChI is InChI=1S/C20H28N4O4/c1-26-15-13-17(27-2)16(18(14-15)28-3)5-9-22-19(25)20(6-10-21-11-7-20)24-12-4-8-23-24/h4,8,12-14,21H,5-7,9-11H2,1-3H3,(H,22,25). The van der Waals surface area contributed by atoms with Crippen molar-refractivity contribution in [3.8, 4) is 17.2 Å². The van der Waals surface area contributed by atoms with Crippen LogP contribution >= 0.6 is 0 Å². The lowest BCUT2D eigenvalue weighted by molar-refractivity contribution is -0.131. The topological polar surface area (TPSA) is 86.6 Å². The van der Waals surface area contributed by atoms with Crippen molar-refractivity contribution in [3.63, 3.8) is 0 Å². The van der Waals surface area contributed by atoms with E-state index in [0.717, 1.165) is 18.7 Å². The molecule has 3 rings (SSSR count). The molecule has 0 radical (unpaired) electrons. The molecule has 2 N–H and O–H groups in total. The van der Waals surface area contributed by atoms with Gasteiger partial charge in [0.05, 0.1) is 21.3 Å². The minimum absolute atomic E-state index is 0.0101. The number of hydrogen-bond donors (Lipinski definition) is 2. The number of carbonyl (C=O) groups is 1. The highest BCUT2D eigenvalue weighted by molar-refractivity contribution is 5.84. The fourth-order valence-electron chi connectivity index (χ4n) is 3.71. The van der Waals surface area contributed by atoms with Crippen LogP contribution < -0.4 is 24.8 Å². The normalized spacial score (nSPS) is 15.7. The van der Waals surface area contributed by atoms with Gasteiger partial charge < -0.3 is 24.8 Å². The van der Waals surface area contributed by atoms with E-state index >= 15 is 0 Å². The third-order valence-corrected chi connectivity index (χ3v) is 5.27.